The number of nitrogens with one attached hydrogen (secondary N) is 1. The molecule has 3 rings (SSSR count). The highest BCUT2D eigenvalue weighted by molar-refractivity contribution is 7.99. The number of rotatable bonds is 3. The molecule has 1 saturated carbocycles. The zero-order chi connectivity index (χ0) is 11.7. The topological polar surface area (TPSA) is 35.8 Å². The monoisotopic (exact) mass is 244 g/mol. The molecule has 0 amide bonds. The van der Waals surface area contributed by atoms with Gasteiger partial charge in [0, 0.05) is 17.1 Å². The highest BCUT2D eigenvalue weighted by Gasteiger charge is 2.42. The number of nitriles is 1. The van der Waals surface area contributed by atoms with E-state index in [4.69, 9.17) is 5.26 Å². The molecular weight excluding hydrogens is 228 g/mol. The van der Waals surface area contributed by atoms with Gasteiger partial charge in [0.2, 0.25) is 0 Å². The molecule has 2 aliphatic rings. The quantitative estimate of drug-likeness (QED) is 0.884. The van der Waals surface area contributed by atoms with Gasteiger partial charge in [0.15, 0.2) is 0 Å². The van der Waals surface area contributed by atoms with Crippen molar-refractivity contribution in [2.24, 2.45) is 5.41 Å². The van der Waals surface area contributed by atoms with E-state index in [2.05, 4.69) is 29.6 Å². The Kier molecular flexibility index (Phi) is 2.76. The molecule has 1 aliphatic heterocycles. The summed E-state index contributed by atoms with van der Waals surface area (Å²) in [4.78, 5) is 1.43. The van der Waals surface area contributed by atoms with Crippen molar-refractivity contribution in [2.45, 2.75) is 30.6 Å². The third kappa shape index (κ3) is 2.28. The van der Waals surface area contributed by atoms with Crippen LogP contribution < -0.4 is 5.32 Å². The summed E-state index contributed by atoms with van der Waals surface area (Å²) < 4.78 is 0. The number of nitrogens with zero attached hydrogens (tertiary/aromatic N) is 1. The average molecular weight is 244 g/mol. The van der Waals surface area contributed by atoms with Gasteiger partial charge in [-0.25, -0.2) is 0 Å². The van der Waals surface area contributed by atoms with E-state index in [0.717, 1.165) is 19.4 Å². The first-order valence-corrected chi connectivity index (χ1v) is 7.21. The van der Waals surface area contributed by atoms with Gasteiger partial charge in [-0.15, -0.1) is 11.8 Å². The molecule has 1 N–H and O–H groups in total. The maximum atomic E-state index is 9.03. The number of hydrogen-bond donors (Lipinski definition) is 1. The molecular formula is C14H16N2S. The first kappa shape index (κ1) is 11.0. The lowest BCUT2D eigenvalue weighted by molar-refractivity contribution is 0.711. The van der Waals surface area contributed by atoms with Crippen LogP contribution in [0.4, 0.5) is 5.69 Å². The molecule has 0 radical (unpaired) electrons. The van der Waals surface area contributed by atoms with Crippen molar-refractivity contribution in [1.82, 2.24) is 0 Å². The number of thioether (sulfide) groups is 1. The van der Waals surface area contributed by atoms with Gasteiger partial charge < -0.3 is 5.32 Å². The maximum Gasteiger partial charge on any atom is 0.0747 e. The fourth-order valence-electron chi connectivity index (χ4n) is 2.22. The summed E-state index contributed by atoms with van der Waals surface area (Å²) in [6.45, 7) is 0.801. The van der Waals surface area contributed by atoms with Gasteiger partial charge in [0.1, 0.15) is 0 Å². The van der Waals surface area contributed by atoms with Crippen LogP contribution in [0.25, 0.3) is 0 Å². The molecule has 0 aromatic heterocycles. The summed E-state index contributed by atoms with van der Waals surface area (Å²) in [5.41, 5.74) is 2.57. The Hall–Kier alpha value is -1.14. The minimum absolute atomic E-state index is 0.0648. The molecule has 17 heavy (non-hydrogen) atoms. The van der Waals surface area contributed by atoms with Crippen LogP contribution in [0.15, 0.2) is 23.1 Å². The van der Waals surface area contributed by atoms with E-state index in [1.165, 1.54) is 34.7 Å². The van der Waals surface area contributed by atoms with E-state index in [1.807, 2.05) is 11.8 Å². The lowest BCUT2D eigenvalue weighted by Crippen LogP contribution is -2.13. The molecule has 0 bridgehead atoms. The summed E-state index contributed by atoms with van der Waals surface area (Å²) in [7, 11) is 0. The Morgan fingerprint density at radius 1 is 1.41 bits per heavy atom. The summed E-state index contributed by atoms with van der Waals surface area (Å²) in [6, 6.07) is 9.04. The normalized spacial score (nSPS) is 20.2. The zero-order valence-electron chi connectivity index (χ0n) is 9.83. The van der Waals surface area contributed by atoms with Crippen molar-refractivity contribution in [3.8, 4) is 6.07 Å². The standard InChI is InChI=1S/C14H16N2S/c15-9-14(5-6-14)10-16-12-3-4-13-11(8-12)2-1-7-17-13/h3-4,8,16H,1-2,5-7,10H2. The van der Waals surface area contributed by atoms with Gasteiger partial charge in [-0.1, -0.05) is 0 Å². The minimum atomic E-state index is -0.0648. The summed E-state index contributed by atoms with van der Waals surface area (Å²) >= 11 is 1.96. The molecule has 0 spiro atoms. The second kappa shape index (κ2) is 4.27. The van der Waals surface area contributed by atoms with E-state index in [-0.39, 0.29) is 5.41 Å². The number of benzene rings is 1. The van der Waals surface area contributed by atoms with E-state index in [0.29, 0.717) is 0 Å². The minimum Gasteiger partial charge on any atom is -0.383 e. The Morgan fingerprint density at radius 3 is 3.06 bits per heavy atom. The number of fused-ring (bicyclic) bond motifs is 1. The highest BCUT2D eigenvalue weighted by atomic mass is 32.2. The number of hydrogen-bond acceptors (Lipinski definition) is 3. The van der Waals surface area contributed by atoms with Crippen molar-refractivity contribution in [3.63, 3.8) is 0 Å². The Bertz CT molecular complexity index is 472. The highest BCUT2D eigenvalue weighted by Crippen LogP contribution is 2.44. The van der Waals surface area contributed by atoms with Crippen molar-refractivity contribution in [2.75, 3.05) is 17.6 Å². The van der Waals surface area contributed by atoms with E-state index >= 15 is 0 Å². The van der Waals surface area contributed by atoms with E-state index in [1.54, 1.807) is 0 Å². The van der Waals surface area contributed by atoms with Crippen LogP contribution in [0.5, 0.6) is 0 Å². The van der Waals surface area contributed by atoms with Gasteiger partial charge in [-0.2, -0.15) is 5.26 Å². The molecule has 0 unspecified atom stereocenters. The Morgan fingerprint density at radius 2 is 2.29 bits per heavy atom. The molecule has 1 heterocycles. The smallest absolute Gasteiger partial charge is 0.0747 e. The zero-order valence-corrected chi connectivity index (χ0v) is 10.6. The lowest BCUT2D eigenvalue weighted by atomic mass is 10.1. The van der Waals surface area contributed by atoms with Crippen LogP contribution >= 0.6 is 11.8 Å². The van der Waals surface area contributed by atoms with Gasteiger partial charge in [-0.05, 0) is 55.2 Å². The SMILES string of the molecule is N#CC1(CNc2ccc3c(c2)CCCS3)CC1. The van der Waals surface area contributed by atoms with Gasteiger partial charge in [0.25, 0.3) is 0 Å². The molecule has 1 aromatic rings. The molecule has 1 fully saturated rings. The summed E-state index contributed by atoms with van der Waals surface area (Å²) in [5, 5.41) is 12.4. The number of aryl methyl sites for hydroxylation is 1. The largest absolute Gasteiger partial charge is 0.383 e. The number of anilines is 1. The van der Waals surface area contributed by atoms with Crippen molar-refractivity contribution >= 4 is 17.4 Å². The maximum absolute atomic E-state index is 9.03. The molecule has 1 aliphatic carbocycles. The summed E-state index contributed by atoms with van der Waals surface area (Å²) in [6.07, 6.45) is 4.58. The predicted octanol–water partition coefficient (Wildman–Crippen LogP) is 3.44. The van der Waals surface area contributed by atoms with Crippen LogP contribution in [0.3, 0.4) is 0 Å². The summed E-state index contributed by atoms with van der Waals surface area (Å²) in [5.74, 6) is 1.25. The van der Waals surface area contributed by atoms with E-state index < -0.39 is 0 Å². The molecule has 3 heteroatoms. The van der Waals surface area contributed by atoms with Crippen molar-refractivity contribution in [1.29, 1.82) is 5.26 Å². The third-order valence-electron chi connectivity index (χ3n) is 3.63. The van der Waals surface area contributed by atoms with Crippen LogP contribution in [0.2, 0.25) is 0 Å². The molecule has 0 atom stereocenters. The molecule has 0 saturated heterocycles. The lowest BCUT2D eigenvalue weighted by Gasteiger charge is -2.17. The van der Waals surface area contributed by atoms with E-state index in [9.17, 15) is 0 Å². The first-order chi connectivity index (χ1) is 8.31. The van der Waals surface area contributed by atoms with Gasteiger partial charge in [0.05, 0.1) is 11.5 Å². The predicted molar refractivity (Wildman–Crippen MR) is 71.3 cm³/mol. The van der Waals surface area contributed by atoms with Crippen molar-refractivity contribution < 1.29 is 0 Å². The average Bonchev–Trinajstić information content (AvgIpc) is 3.17. The fourth-order valence-corrected chi connectivity index (χ4v) is 3.24. The van der Waals surface area contributed by atoms with Gasteiger partial charge in [-0.3, -0.25) is 0 Å². The third-order valence-corrected chi connectivity index (χ3v) is 4.83. The molecule has 88 valence electrons. The molecule has 1 aromatic carbocycles. The Labute approximate surface area is 106 Å². The fraction of sp³-hybridized carbons (Fsp3) is 0.500. The van der Waals surface area contributed by atoms with Crippen LogP contribution in [-0.2, 0) is 6.42 Å². The second-order valence-electron chi connectivity index (χ2n) is 5.02. The van der Waals surface area contributed by atoms with Crippen LogP contribution in [-0.4, -0.2) is 12.3 Å². The Balaban J connectivity index is 1.70. The second-order valence-corrected chi connectivity index (χ2v) is 6.16. The van der Waals surface area contributed by atoms with Crippen LogP contribution in [0.1, 0.15) is 24.8 Å². The van der Waals surface area contributed by atoms with Crippen LogP contribution in [0, 0.1) is 16.7 Å². The van der Waals surface area contributed by atoms with Gasteiger partial charge >= 0.3 is 0 Å². The first-order valence-electron chi connectivity index (χ1n) is 6.22. The molecule has 2 nitrogen and oxygen atoms in total. The van der Waals surface area contributed by atoms with Crippen molar-refractivity contribution in [3.05, 3.63) is 23.8 Å².